The molecule has 0 aliphatic rings. The van der Waals surface area contributed by atoms with E-state index in [-0.39, 0.29) is 5.02 Å². The van der Waals surface area contributed by atoms with Crippen LogP contribution in [-0.2, 0) is 0 Å². The average molecular weight is 170 g/mol. The van der Waals surface area contributed by atoms with Crippen LogP contribution in [0.1, 0.15) is 5.56 Å². The second-order valence-electron chi connectivity index (χ2n) is 2.00. The smallest absolute Gasteiger partial charge is 0.143 e. The van der Waals surface area contributed by atoms with E-state index in [0.29, 0.717) is 11.3 Å². The summed E-state index contributed by atoms with van der Waals surface area (Å²) in [6, 6.07) is 2.43. The predicted octanol–water partition coefficient (Wildman–Crippen LogP) is 2.04. The first kappa shape index (κ1) is 7.90. The summed E-state index contributed by atoms with van der Waals surface area (Å²) in [4.78, 5) is 0. The Balaban J connectivity index is 3.35. The molecule has 0 aliphatic heterocycles. The molecule has 0 spiro atoms. The van der Waals surface area contributed by atoms with Gasteiger partial charge in [0.05, 0.1) is 10.6 Å². The highest BCUT2D eigenvalue weighted by atomic mass is 35.5. The third-order valence-corrected chi connectivity index (χ3v) is 1.54. The largest absolute Gasteiger partial charge is 0.398 e. The zero-order valence-electron chi connectivity index (χ0n) is 5.57. The van der Waals surface area contributed by atoms with Crippen molar-refractivity contribution >= 4 is 17.3 Å². The molecule has 0 bridgehead atoms. The van der Waals surface area contributed by atoms with Crippen LogP contribution < -0.4 is 5.73 Å². The molecule has 0 heterocycles. The Morgan fingerprint density at radius 1 is 1.55 bits per heavy atom. The molecule has 0 atom stereocenters. The molecule has 0 radical (unpaired) electrons. The highest BCUT2D eigenvalue weighted by molar-refractivity contribution is 6.31. The number of hydrogen-bond donors (Lipinski definition) is 1. The van der Waals surface area contributed by atoms with Crippen molar-refractivity contribution in [3.63, 3.8) is 0 Å². The van der Waals surface area contributed by atoms with Gasteiger partial charge in [-0.25, -0.2) is 4.39 Å². The van der Waals surface area contributed by atoms with Gasteiger partial charge in [0.15, 0.2) is 0 Å². The van der Waals surface area contributed by atoms with Crippen LogP contribution in [0.2, 0.25) is 5.02 Å². The third-order valence-electron chi connectivity index (χ3n) is 1.25. The monoisotopic (exact) mass is 169 g/mol. The minimum Gasteiger partial charge on any atom is -0.398 e. The molecule has 0 fully saturated rings. The summed E-state index contributed by atoms with van der Waals surface area (Å²) in [6.07, 6.45) is 5.03. The molecular formula is C8H5ClFN. The average Bonchev–Trinajstić information content (AvgIpc) is 1.97. The van der Waals surface area contributed by atoms with Crippen molar-refractivity contribution in [3.05, 3.63) is 28.5 Å². The van der Waals surface area contributed by atoms with Crippen molar-refractivity contribution in [1.82, 2.24) is 0 Å². The van der Waals surface area contributed by atoms with Crippen LogP contribution in [0, 0.1) is 18.2 Å². The van der Waals surface area contributed by atoms with E-state index in [1.165, 1.54) is 6.07 Å². The predicted molar refractivity (Wildman–Crippen MR) is 43.8 cm³/mol. The maximum Gasteiger partial charge on any atom is 0.143 e. The zero-order valence-corrected chi connectivity index (χ0v) is 6.32. The number of nitrogen functional groups attached to an aromatic ring is 1. The van der Waals surface area contributed by atoms with Gasteiger partial charge >= 0.3 is 0 Å². The lowest BCUT2D eigenvalue weighted by Gasteiger charge is -1.99. The van der Waals surface area contributed by atoms with Gasteiger partial charge in [0.25, 0.3) is 0 Å². The van der Waals surface area contributed by atoms with E-state index in [2.05, 4.69) is 5.92 Å². The number of nitrogens with two attached hydrogens (primary N) is 1. The summed E-state index contributed by atoms with van der Waals surface area (Å²) < 4.78 is 12.7. The molecular weight excluding hydrogens is 165 g/mol. The lowest BCUT2D eigenvalue weighted by atomic mass is 10.2. The number of anilines is 1. The van der Waals surface area contributed by atoms with Crippen LogP contribution in [0.5, 0.6) is 0 Å². The molecule has 1 rings (SSSR count). The lowest BCUT2D eigenvalue weighted by Crippen LogP contribution is -1.91. The van der Waals surface area contributed by atoms with Gasteiger partial charge in [0.2, 0.25) is 0 Å². The summed E-state index contributed by atoms with van der Waals surface area (Å²) >= 11 is 5.42. The first-order chi connectivity index (χ1) is 5.15. The zero-order chi connectivity index (χ0) is 8.43. The normalized spacial score (nSPS) is 9.18. The summed E-state index contributed by atoms with van der Waals surface area (Å²) in [6.45, 7) is 0. The summed E-state index contributed by atoms with van der Waals surface area (Å²) in [5.74, 6) is 1.69. The molecule has 11 heavy (non-hydrogen) atoms. The van der Waals surface area contributed by atoms with E-state index in [9.17, 15) is 4.39 Å². The van der Waals surface area contributed by atoms with Crippen LogP contribution in [0.25, 0.3) is 0 Å². The summed E-state index contributed by atoms with van der Waals surface area (Å²) in [5, 5.41) is -0.0125. The maximum absolute atomic E-state index is 12.7. The lowest BCUT2D eigenvalue weighted by molar-refractivity contribution is 0.628. The molecule has 1 nitrogen and oxygen atoms in total. The maximum atomic E-state index is 12.7. The van der Waals surface area contributed by atoms with Gasteiger partial charge in [-0.1, -0.05) is 17.5 Å². The molecule has 0 saturated carbocycles. The number of hydrogen-bond acceptors (Lipinski definition) is 1. The molecule has 1 aromatic carbocycles. The van der Waals surface area contributed by atoms with E-state index in [1.807, 2.05) is 0 Å². The molecule has 0 unspecified atom stereocenters. The number of halogens is 2. The Kier molecular flexibility index (Phi) is 2.02. The highest BCUT2D eigenvalue weighted by Crippen LogP contribution is 2.20. The summed E-state index contributed by atoms with van der Waals surface area (Å²) in [5.41, 5.74) is 6.05. The van der Waals surface area contributed by atoms with Crippen LogP contribution >= 0.6 is 11.6 Å². The number of rotatable bonds is 0. The fourth-order valence-corrected chi connectivity index (χ4v) is 0.859. The van der Waals surface area contributed by atoms with E-state index in [0.717, 1.165) is 6.07 Å². The van der Waals surface area contributed by atoms with Crippen LogP contribution in [0.4, 0.5) is 10.1 Å². The quantitative estimate of drug-likeness (QED) is 0.467. The fourth-order valence-electron chi connectivity index (χ4n) is 0.687. The van der Waals surface area contributed by atoms with Crippen molar-refractivity contribution in [3.8, 4) is 12.3 Å². The van der Waals surface area contributed by atoms with Crippen LogP contribution in [0.15, 0.2) is 12.1 Å². The molecule has 0 saturated heterocycles. The van der Waals surface area contributed by atoms with Gasteiger partial charge in [0, 0.05) is 5.69 Å². The van der Waals surface area contributed by atoms with Crippen molar-refractivity contribution in [2.75, 3.05) is 5.73 Å². The Morgan fingerprint density at radius 2 is 2.18 bits per heavy atom. The highest BCUT2D eigenvalue weighted by Gasteiger charge is 2.03. The summed E-state index contributed by atoms with van der Waals surface area (Å²) in [7, 11) is 0. The van der Waals surface area contributed by atoms with Crippen molar-refractivity contribution < 1.29 is 4.39 Å². The topological polar surface area (TPSA) is 26.0 Å². The van der Waals surface area contributed by atoms with Gasteiger partial charge < -0.3 is 5.73 Å². The SMILES string of the molecule is C#Cc1cc(F)c(Cl)cc1N. The molecule has 3 heteroatoms. The molecule has 1 aromatic rings. The van der Waals surface area contributed by atoms with Crippen molar-refractivity contribution in [2.24, 2.45) is 0 Å². The Labute approximate surface area is 69.0 Å². The van der Waals surface area contributed by atoms with E-state index in [4.69, 9.17) is 23.8 Å². The second kappa shape index (κ2) is 2.81. The Hall–Kier alpha value is -1.20. The fraction of sp³-hybridized carbons (Fsp3) is 0. The molecule has 0 aliphatic carbocycles. The van der Waals surface area contributed by atoms with Crippen molar-refractivity contribution in [1.29, 1.82) is 0 Å². The standard InChI is InChI=1S/C8H5ClFN/c1-2-5-3-7(10)6(9)4-8(5)11/h1,3-4H,11H2. The first-order valence-electron chi connectivity index (χ1n) is 2.86. The molecule has 0 amide bonds. The van der Waals surface area contributed by atoms with E-state index >= 15 is 0 Å². The first-order valence-corrected chi connectivity index (χ1v) is 3.24. The molecule has 56 valence electrons. The van der Waals surface area contributed by atoms with E-state index in [1.54, 1.807) is 0 Å². The van der Waals surface area contributed by atoms with Crippen molar-refractivity contribution in [2.45, 2.75) is 0 Å². The van der Waals surface area contributed by atoms with Gasteiger partial charge in [-0.3, -0.25) is 0 Å². The Bertz CT molecular complexity index is 328. The Morgan fingerprint density at radius 3 is 2.73 bits per heavy atom. The van der Waals surface area contributed by atoms with E-state index < -0.39 is 5.82 Å². The van der Waals surface area contributed by atoms with Crippen LogP contribution in [-0.4, -0.2) is 0 Å². The number of terminal acetylenes is 1. The van der Waals surface area contributed by atoms with Gasteiger partial charge in [-0.2, -0.15) is 0 Å². The van der Waals surface area contributed by atoms with Gasteiger partial charge in [-0.05, 0) is 12.1 Å². The second-order valence-corrected chi connectivity index (χ2v) is 2.41. The minimum absolute atomic E-state index is 0.0125. The molecule has 0 aromatic heterocycles. The third kappa shape index (κ3) is 1.44. The number of benzene rings is 1. The van der Waals surface area contributed by atoms with Crippen LogP contribution in [0.3, 0.4) is 0 Å². The van der Waals surface area contributed by atoms with Gasteiger partial charge in [-0.15, -0.1) is 6.42 Å². The van der Waals surface area contributed by atoms with Gasteiger partial charge in [0.1, 0.15) is 5.82 Å². The minimum atomic E-state index is -0.547. The molecule has 2 N–H and O–H groups in total.